The van der Waals surface area contributed by atoms with Gasteiger partial charge in [-0.1, -0.05) is 121 Å². The second-order valence-electron chi connectivity index (χ2n) is 8.07. The van der Waals surface area contributed by atoms with Crippen molar-refractivity contribution in [1.29, 1.82) is 0 Å². The number of aliphatic hydroxyl groups excluding tert-OH is 1. The van der Waals surface area contributed by atoms with E-state index in [0.29, 0.717) is 19.6 Å². The van der Waals surface area contributed by atoms with Crippen LogP contribution in [-0.2, 0) is 21.7 Å². The number of benzene rings is 4. The van der Waals surface area contributed by atoms with Crippen molar-refractivity contribution in [1.82, 2.24) is 0 Å². The van der Waals surface area contributed by atoms with Crippen molar-refractivity contribution >= 4 is 0 Å². The zero-order valence-electron chi connectivity index (χ0n) is 18.7. The number of rotatable bonds is 11. The van der Waals surface area contributed by atoms with Gasteiger partial charge in [-0.25, -0.2) is 0 Å². The molecule has 0 heterocycles. The summed E-state index contributed by atoms with van der Waals surface area (Å²) in [5, 5.41) is 10.5. The van der Waals surface area contributed by atoms with Gasteiger partial charge in [0.05, 0.1) is 25.9 Å². The molecule has 33 heavy (non-hydrogen) atoms. The van der Waals surface area contributed by atoms with E-state index in [1.807, 2.05) is 84.9 Å². The average molecular weight is 439 g/mol. The normalized spacial score (nSPS) is 12.4. The Morgan fingerprint density at radius 3 is 1.48 bits per heavy atom. The molecule has 0 radical (unpaired) electrons. The Balaban J connectivity index is 1.51. The van der Waals surface area contributed by atoms with Crippen LogP contribution in [0.1, 0.15) is 28.7 Å². The molecule has 4 aromatic carbocycles. The molecule has 0 bridgehead atoms. The lowest BCUT2D eigenvalue weighted by atomic mass is 9.80. The third-order valence-electron chi connectivity index (χ3n) is 5.73. The van der Waals surface area contributed by atoms with E-state index in [1.54, 1.807) is 0 Å². The fraction of sp³-hybridized carbons (Fsp3) is 0.200. The first-order valence-electron chi connectivity index (χ1n) is 11.4. The van der Waals surface area contributed by atoms with Crippen molar-refractivity contribution in [2.45, 2.75) is 24.7 Å². The molecule has 4 aromatic rings. The molecule has 0 aromatic heterocycles. The highest BCUT2D eigenvalue weighted by atomic mass is 16.5. The minimum atomic E-state index is -0.769. The molecule has 0 unspecified atom stereocenters. The summed E-state index contributed by atoms with van der Waals surface area (Å²) in [5.74, 6) is 0. The molecule has 0 aliphatic heterocycles. The van der Waals surface area contributed by atoms with E-state index in [4.69, 9.17) is 9.47 Å². The van der Waals surface area contributed by atoms with Crippen molar-refractivity contribution in [3.05, 3.63) is 144 Å². The van der Waals surface area contributed by atoms with Crippen LogP contribution in [0.3, 0.4) is 0 Å². The third-order valence-corrected chi connectivity index (χ3v) is 5.73. The fourth-order valence-corrected chi connectivity index (χ4v) is 4.09. The van der Waals surface area contributed by atoms with Gasteiger partial charge < -0.3 is 14.6 Å². The van der Waals surface area contributed by atoms with E-state index in [9.17, 15) is 5.11 Å². The molecule has 3 nitrogen and oxygen atoms in total. The summed E-state index contributed by atoms with van der Waals surface area (Å²) >= 11 is 0. The maximum Gasteiger partial charge on any atom is 0.143 e. The number of aliphatic hydroxyl groups is 1. The molecule has 3 heteroatoms. The van der Waals surface area contributed by atoms with Gasteiger partial charge in [0.15, 0.2) is 0 Å². The van der Waals surface area contributed by atoms with Crippen molar-refractivity contribution in [3.63, 3.8) is 0 Å². The Labute approximate surface area is 196 Å². The summed E-state index contributed by atoms with van der Waals surface area (Å²) in [5.41, 5.74) is 3.48. The highest BCUT2D eigenvalue weighted by molar-refractivity contribution is 5.47. The van der Waals surface area contributed by atoms with Crippen LogP contribution in [0.4, 0.5) is 0 Å². The van der Waals surface area contributed by atoms with Crippen molar-refractivity contribution < 1.29 is 14.6 Å². The Kier molecular flexibility index (Phi) is 8.04. The van der Waals surface area contributed by atoms with E-state index in [1.165, 1.54) is 0 Å². The van der Waals surface area contributed by atoms with Crippen molar-refractivity contribution in [2.75, 3.05) is 13.2 Å². The van der Waals surface area contributed by atoms with Gasteiger partial charge in [-0.3, -0.25) is 0 Å². The van der Waals surface area contributed by atoms with Crippen molar-refractivity contribution in [3.8, 4) is 0 Å². The number of hydrogen-bond donors (Lipinski definition) is 1. The SMILES string of the molecule is O[C@@H](CCOC(c1ccccc1)(c1ccccc1)c1ccccc1)COCc1ccccc1. The van der Waals surface area contributed by atoms with Crippen LogP contribution in [0.25, 0.3) is 0 Å². The van der Waals surface area contributed by atoms with Gasteiger partial charge in [0.1, 0.15) is 5.60 Å². The molecule has 0 aliphatic rings. The summed E-state index contributed by atoms with van der Waals surface area (Å²) in [6.07, 6.45) is -0.128. The van der Waals surface area contributed by atoms with E-state index >= 15 is 0 Å². The molecule has 0 amide bonds. The molecule has 1 atom stereocenters. The second-order valence-corrected chi connectivity index (χ2v) is 8.07. The average Bonchev–Trinajstić information content (AvgIpc) is 2.89. The predicted octanol–water partition coefficient (Wildman–Crippen LogP) is 5.96. The van der Waals surface area contributed by atoms with Crippen LogP contribution < -0.4 is 0 Å². The van der Waals surface area contributed by atoms with Crippen LogP contribution in [-0.4, -0.2) is 24.4 Å². The van der Waals surface area contributed by atoms with Gasteiger partial charge in [0.25, 0.3) is 0 Å². The minimum Gasteiger partial charge on any atom is -0.391 e. The summed E-state index contributed by atoms with van der Waals surface area (Å²) in [7, 11) is 0. The van der Waals surface area contributed by atoms with Crippen LogP contribution in [0.2, 0.25) is 0 Å². The molecular weight excluding hydrogens is 408 g/mol. The fourth-order valence-electron chi connectivity index (χ4n) is 4.09. The van der Waals surface area contributed by atoms with Gasteiger partial charge in [0.2, 0.25) is 0 Å². The summed E-state index contributed by atoms with van der Waals surface area (Å²) in [6.45, 7) is 1.14. The van der Waals surface area contributed by atoms with E-state index in [-0.39, 0.29) is 6.61 Å². The smallest absolute Gasteiger partial charge is 0.143 e. The molecule has 0 spiro atoms. The molecular formula is C30H30O3. The Morgan fingerprint density at radius 1 is 0.606 bits per heavy atom. The summed E-state index contributed by atoms with van der Waals surface area (Å²) in [4.78, 5) is 0. The maximum atomic E-state index is 10.5. The first kappa shape index (κ1) is 22.9. The van der Waals surface area contributed by atoms with Crippen LogP contribution in [0.5, 0.6) is 0 Å². The van der Waals surface area contributed by atoms with E-state index in [2.05, 4.69) is 36.4 Å². The van der Waals surface area contributed by atoms with Crippen molar-refractivity contribution in [2.24, 2.45) is 0 Å². The third kappa shape index (κ3) is 5.77. The summed E-state index contributed by atoms with van der Waals surface area (Å²) in [6, 6.07) is 40.8. The Hall–Kier alpha value is -3.24. The lowest BCUT2D eigenvalue weighted by Crippen LogP contribution is -2.34. The lowest BCUT2D eigenvalue weighted by Gasteiger charge is -2.36. The van der Waals surface area contributed by atoms with Crippen LogP contribution in [0, 0.1) is 0 Å². The van der Waals surface area contributed by atoms with Crippen LogP contribution in [0.15, 0.2) is 121 Å². The quantitative estimate of drug-likeness (QED) is 0.294. The Morgan fingerprint density at radius 2 is 1.03 bits per heavy atom. The minimum absolute atomic E-state index is 0.271. The highest BCUT2D eigenvalue weighted by Gasteiger charge is 2.37. The summed E-state index contributed by atoms with van der Waals surface area (Å²) < 4.78 is 12.4. The number of ether oxygens (including phenoxy) is 2. The Bertz CT molecular complexity index is 970. The lowest BCUT2D eigenvalue weighted by molar-refractivity contribution is -0.0265. The largest absolute Gasteiger partial charge is 0.391 e. The molecule has 0 saturated heterocycles. The molecule has 168 valence electrons. The van der Waals surface area contributed by atoms with Crippen LogP contribution >= 0.6 is 0 Å². The monoisotopic (exact) mass is 438 g/mol. The number of hydrogen-bond acceptors (Lipinski definition) is 3. The molecule has 0 saturated carbocycles. The predicted molar refractivity (Wildman–Crippen MR) is 132 cm³/mol. The first-order valence-corrected chi connectivity index (χ1v) is 11.4. The standard InChI is InChI=1S/C30H30O3/c31-29(24-32-23-25-13-5-1-6-14-25)21-22-33-30(26-15-7-2-8-16-26,27-17-9-3-10-18-27)28-19-11-4-12-20-28/h1-20,29,31H,21-24H2/t29-/m0/s1. The second kappa shape index (κ2) is 11.6. The zero-order valence-corrected chi connectivity index (χ0v) is 18.7. The van der Waals surface area contributed by atoms with Gasteiger partial charge in [0, 0.05) is 0 Å². The highest BCUT2D eigenvalue weighted by Crippen LogP contribution is 2.40. The van der Waals surface area contributed by atoms with E-state index < -0.39 is 11.7 Å². The molecule has 0 fully saturated rings. The van der Waals surface area contributed by atoms with Gasteiger partial charge in [-0.15, -0.1) is 0 Å². The molecule has 1 N–H and O–H groups in total. The topological polar surface area (TPSA) is 38.7 Å². The van der Waals surface area contributed by atoms with Gasteiger partial charge in [-0.2, -0.15) is 0 Å². The molecule has 0 aliphatic carbocycles. The first-order chi connectivity index (χ1) is 16.3. The molecule has 4 rings (SSSR count). The van der Waals surface area contributed by atoms with Gasteiger partial charge >= 0.3 is 0 Å². The van der Waals surface area contributed by atoms with E-state index in [0.717, 1.165) is 22.3 Å². The van der Waals surface area contributed by atoms with Gasteiger partial charge in [-0.05, 0) is 28.7 Å². The zero-order chi connectivity index (χ0) is 22.8. The maximum absolute atomic E-state index is 10.5.